The number of benzene rings is 3. The molecule has 4 heteroatoms. The van der Waals surface area contributed by atoms with Gasteiger partial charge in [0, 0.05) is 28.5 Å². The second-order valence-electron chi connectivity index (χ2n) is 7.84. The maximum absolute atomic E-state index is 4.79. The Morgan fingerprint density at radius 1 is 0.438 bits per heavy atom. The van der Waals surface area contributed by atoms with E-state index < -0.39 is 0 Å². The van der Waals surface area contributed by atoms with Crippen LogP contribution in [0.4, 0.5) is 0 Å². The fourth-order valence-electron chi connectivity index (χ4n) is 3.47. The van der Waals surface area contributed by atoms with Crippen LogP contribution < -0.4 is 0 Å². The molecule has 0 amide bonds. The lowest BCUT2D eigenvalue weighted by atomic mass is 10.1. The Hall–Kier alpha value is -4.18. The summed E-state index contributed by atoms with van der Waals surface area (Å²) in [5.74, 6) is 1.91. The summed E-state index contributed by atoms with van der Waals surface area (Å²) in [6.07, 6.45) is 1.83. The summed E-state index contributed by atoms with van der Waals surface area (Å²) in [7, 11) is 0. The predicted molar refractivity (Wildman–Crippen MR) is 129 cm³/mol. The van der Waals surface area contributed by atoms with Gasteiger partial charge in [0.15, 0.2) is 17.5 Å². The van der Waals surface area contributed by atoms with Crippen LogP contribution in [-0.2, 0) is 0 Å². The zero-order valence-corrected chi connectivity index (χ0v) is 18.0. The van der Waals surface area contributed by atoms with Crippen molar-refractivity contribution in [2.24, 2.45) is 0 Å². The van der Waals surface area contributed by atoms with Crippen molar-refractivity contribution in [3.8, 4) is 45.4 Å². The van der Waals surface area contributed by atoms with E-state index in [1.807, 2.05) is 60.8 Å². The number of pyridine rings is 1. The van der Waals surface area contributed by atoms with Gasteiger partial charge in [-0.3, -0.25) is 4.98 Å². The highest BCUT2D eigenvalue weighted by Gasteiger charge is 2.13. The monoisotopic (exact) mass is 414 g/mol. The van der Waals surface area contributed by atoms with Crippen LogP contribution in [0.5, 0.6) is 0 Å². The molecule has 0 spiro atoms. The normalized spacial score (nSPS) is 10.8. The Kier molecular flexibility index (Phi) is 5.26. The van der Waals surface area contributed by atoms with E-state index in [0.29, 0.717) is 17.5 Å². The van der Waals surface area contributed by atoms with Crippen molar-refractivity contribution in [1.82, 2.24) is 19.9 Å². The lowest BCUT2D eigenvalue weighted by molar-refractivity contribution is 1.07. The van der Waals surface area contributed by atoms with Gasteiger partial charge in [-0.25, -0.2) is 15.0 Å². The molecule has 2 aromatic heterocycles. The van der Waals surface area contributed by atoms with Crippen molar-refractivity contribution < 1.29 is 0 Å². The van der Waals surface area contributed by atoms with Crippen molar-refractivity contribution in [2.75, 3.05) is 0 Å². The molecule has 0 fully saturated rings. The second-order valence-corrected chi connectivity index (χ2v) is 7.84. The molecule has 0 aliphatic carbocycles. The molecule has 154 valence electrons. The summed E-state index contributed by atoms with van der Waals surface area (Å²) in [4.78, 5) is 19.0. The number of rotatable bonds is 4. The van der Waals surface area contributed by atoms with E-state index in [2.05, 4.69) is 55.2 Å². The molecule has 5 aromatic rings. The summed E-state index contributed by atoms with van der Waals surface area (Å²) in [6.45, 7) is 4.14. The molecular formula is C28H22N4. The first-order valence-electron chi connectivity index (χ1n) is 10.6. The molecule has 0 aliphatic heterocycles. The molecule has 3 aromatic carbocycles. The van der Waals surface area contributed by atoms with Gasteiger partial charge >= 0.3 is 0 Å². The van der Waals surface area contributed by atoms with Crippen molar-refractivity contribution in [3.05, 3.63) is 108 Å². The van der Waals surface area contributed by atoms with Crippen LogP contribution in [0.25, 0.3) is 45.4 Å². The first-order chi connectivity index (χ1) is 15.7. The van der Waals surface area contributed by atoms with E-state index >= 15 is 0 Å². The maximum Gasteiger partial charge on any atom is 0.165 e. The molecular weight excluding hydrogens is 392 g/mol. The van der Waals surface area contributed by atoms with Gasteiger partial charge in [-0.15, -0.1) is 0 Å². The van der Waals surface area contributed by atoms with Crippen LogP contribution in [0.2, 0.25) is 0 Å². The van der Waals surface area contributed by atoms with Crippen LogP contribution in [0, 0.1) is 13.8 Å². The first kappa shape index (κ1) is 19.8. The number of hydrogen-bond donors (Lipinski definition) is 0. The minimum Gasteiger partial charge on any atom is -0.255 e. The Labute approximate surface area is 187 Å². The van der Waals surface area contributed by atoms with E-state index in [1.54, 1.807) is 0 Å². The standard InChI is InChI=1S/C28H22N4/c1-19-8-12-22(13-9-19)26-30-27(23-14-10-20(2)11-15-23)32-28(31-26)24-16-17-25(29-18-24)21-6-4-3-5-7-21/h3-18H,1-2H3. The lowest BCUT2D eigenvalue weighted by Gasteiger charge is -2.09. The number of aromatic nitrogens is 4. The third-order valence-electron chi connectivity index (χ3n) is 5.35. The zero-order chi connectivity index (χ0) is 21.9. The van der Waals surface area contributed by atoms with Gasteiger partial charge < -0.3 is 0 Å². The summed E-state index contributed by atoms with van der Waals surface area (Å²) in [5, 5.41) is 0. The SMILES string of the molecule is Cc1ccc(-c2nc(-c3ccc(C)cc3)nc(-c3ccc(-c4ccccc4)nc3)n2)cc1. The molecule has 0 aliphatic rings. The van der Waals surface area contributed by atoms with Gasteiger partial charge in [-0.2, -0.15) is 0 Å². The quantitative estimate of drug-likeness (QED) is 0.334. The van der Waals surface area contributed by atoms with Gasteiger partial charge in [0.05, 0.1) is 5.69 Å². The number of hydrogen-bond acceptors (Lipinski definition) is 4. The van der Waals surface area contributed by atoms with Crippen LogP contribution >= 0.6 is 0 Å². The molecule has 0 saturated heterocycles. The minimum atomic E-state index is 0.610. The summed E-state index contributed by atoms with van der Waals surface area (Å²) >= 11 is 0. The van der Waals surface area contributed by atoms with E-state index in [0.717, 1.165) is 27.9 Å². The Morgan fingerprint density at radius 2 is 0.906 bits per heavy atom. The third-order valence-corrected chi connectivity index (χ3v) is 5.35. The highest BCUT2D eigenvalue weighted by atomic mass is 15.0. The topological polar surface area (TPSA) is 51.6 Å². The lowest BCUT2D eigenvalue weighted by Crippen LogP contribution is -2.00. The average Bonchev–Trinajstić information content (AvgIpc) is 2.85. The Balaban J connectivity index is 1.60. The zero-order valence-electron chi connectivity index (χ0n) is 18.0. The van der Waals surface area contributed by atoms with Gasteiger partial charge in [-0.05, 0) is 26.0 Å². The van der Waals surface area contributed by atoms with Gasteiger partial charge in [0.2, 0.25) is 0 Å². The molecule has 0 bridgehead atoms. The van der Waals surface area contributed by atoms with Crippen molar-refractivity contribution >= 4 is 0 Å². The third kappa shape index (κ3) is 4.16. The van der Waals surface area contributed by atoms with Crippen LogP contribution in [0.15, 0.2) is 97.2 Å². The van der Waals surface area contributed by atoms with Crippen LogP contribution in [0.1, 0.15) is 11.1 Å². The van der Waals surface area contributed by atoms with Crippen molar-refractivity contribution in [2.45, 2.75) is 13.8 Å². The van der Waals surface area contributed by atoms with E-state index in [9.17, 15) is 0 Å². The number of nitrogens with zero attached hydrogens (tertiary/aromatic N) is 4. The molecule has 0 saturated carbocycles. The van der Waals surface area contributed by atoms with Crippen LogP contribution in [0.3, 0.4) is 0 Å². The van der Waals surface area contributed by atoms with E-state index in [4.69, 9.17) is 15.0 Å². The molecule has 4 nitrogen and oxygen atoms in total. The van der Waals surface area contributed by atoms with E-state index in [-0.39, 0.29) is 0 Å². The highest BCUT2D eigenvalue weighted by molar-refractivity contribution is 5.68. The molecule has 0 N–H and O–H groups in total. The minimum absolute atomic E-state index is 0.610. The fraction of sp³-hybridized carbons (Fsp3) is 0.0714. The number of aryl methyl sites for hydroxylation is 2. The molecule has 0 radical (unpaired) electrons. The van der Waals surface area contributed by atoms with Gasteiger partial charge in [0.25, 0.3) is 0 Å². The first-order valence-corrected chi connectivity index (χ1v) is 10.6. The Bertz CT molecular complexity index is 1280. The molecule has 5 rings (SSSR count). The molecule has 0 unspecified atom stereocenters. The second kappa shape index (κ2) is 8.52. The van der Waals surface area contributed by atoms with Crippen molar-refractivity contribution in [3.63, 3.8) is 0 Å². The smallest absolute Gasteiger partial charge is 0.165 e. The fourth-order valence-corrected chi connectivity index (χ4v) is 3.47. The molecule has 2 heterocycles. The van der Waals surface area contributed by atoms with Crippen molar-refractivity contribution in [1.29, 1.82) is 0 Å². The van der Waals surface area contributed by atoms with E-state index in [1.165, 1.54) is 11.1 Å². The molecule has 0 atom stereocenters. The molecule has 32 heavy (non-hydrogen) atoms. The van der Waals surface area contributed by atoms with Gasteiger partial charge in [-0.1, -0.05) is 90.0 Å². The highest BCUT2D eigenvalue weighted by Crippen LogP contribution is 2.26. The largest absolute Gasteiger partial charge is 0.255 e. The summed E-state index contributed by atoms with van der Waals surface area (Å²) < 4.78 is 0. The van der Waals surface area contributed by atoms with Crippen LogP contribution in [-0.4, -0.2) is 19.9 Å². The Morgan fingerprint density at radius 3 is 1.38 bits per heavy atom. The summed E-state index contributed by atoms with van der Waals surface area (Å²) in [5.41, 5.74) is 7.16. The predicted octanol–water partition coefficient (Wildman–Crippen LogP) is 6.55. The van der Waals surface area contributed by atoms with Gasteiger partial charge in [0.1, 0.15) is 0 Å². The summed E-state index contributed by atoms with van der Waals surface area (Å²) in [6, 6.07) is 30.6. The average molecular weight is 415 g/mol. The maximum atomic E-state index is 4.79.